The lowest BCUT2D eigenvalue weighted by Crippen LogP contribution is -2.11. The molecule has 1 rings (SSSR count). The zero-order chi connectivity index (χ0) is 11.1. The van der Waals surface area contributed by atoms with Crippen molar-refractivity contribution in [1.29, 1.82) is 0 Å². The summed E-state index contributed by atoms with van der Waals surface area (Å²) >= 11 is 0. The van der Waals surface area contributed by atoms with Crippen molar-refractivity contribution in [2.45, 2.75) is 38.5 Å². The molecule has 0 aliphatic rings. The first kappa shape index (κ1) is 11.8. The quantitative estimate of drug-likeness (QED) is 0.724. The smallest absolute Gasteiger partial charge is 0.310 e. The Balaban J connectivity index is 2.62. The van der Waals surface area contributed by atoms with E-state index in [2.05, 4.69) is 6.92 Å². The molecule has 1 atom stereocenters. The molecule has 1 N–H and O–H groups in total. The zero-order valence-corrected chi connectivity index (χ0v) is 9.15. The Morgan fingerprint density at radius 2 is 1.93 bits per heavy atom. The normalized spacial score (nSPS) is 12.3. The van der Waals surface area contributed by atoms with Gasteiger partial charge in [0.05, 0.1) is 5.92 Å². The minimum Gasteiger partial charge on any atom is -0.481 e. The summed E-state index contributed by atoms with van der Waals surface area (Å²) in [6.45, 7) is 2.12. The monoisotopic (exact) mass is 206 g/mol. The van der Waals surface area contributed by atoms with Gasteiger partial charge in [0.25, 0.3) is 0 Å². The molecule has 15 heavy (non-hydrogen) atoms. The molecule has 2 heteroatoms. The van der Waals surface area contributed by atoms with Crippen molar-refractivity contribution in [1.82, 2.24) is 0 Å². The highest BCUT2D eigenvalue weighted by atomic mass is 16.4. The molecule has 0 radical (unpaired) electrons. The average Bonchev–Trinajstić information content (AvgIpc) is 2.25. The fraction of sp³-hybridized carbons (Fsp3) is 0.462. The molecule has 0 unspecified atom stereocenters. The maximum absolute atomic E-state index is 11.1. The van der Waals surface area contributed by atoms with Crippen LogP contribution >= 0.6 is 0 Å². The molecule has 2 nitrogen and oxygen atoms in total. The standard InChI is InChI=1S/C13H18O2/c1-2-3-5-10-12(13(14)15)11-8-6-4-7-9-11/h4,6-9,12H,2-3,5,10H2,1H3,(H,14,15)/t12-/m1/s1. The fourth-order valence-electron chi connectivity index (χ4n) is 1.72. The van der Waals surface area contributed by atoms with Gasteiger partial charge in [0, 0.05) is 0 Å². The number of carboxylic acids is 1. The molecule has 1 aromatic rings. The molecule has 1 aromatic carbocycles. The van der Waals surface area contributed by atoms with Crippen LogP contribution in [0.4, 0.5) is 0 Å². The van der Waals surface area contributed by atoms with Crippen LogP contribution in [0.2, 0.25) is 0 Å². The molecule has 0 heterocycles. The van der Waals surface area contributed by atoms with Gasteiger partial charge in [0.1, 0.15) is 0 Å². The van der Waals surface area contributed by atoms with E-state index in [0.29, 0.717) is 0 Å². The van der Waals surface area contributed by atoms with E-state index < -0.39 is 5.97 Å². The summed E-state index contributed by atoms with van der Waals surface area (Å²) in [5.74, 6) is -1.05. The van der Waals surface area contributed by atoms with Crippen LogP contribution in [-0.2, 0) is 4.79 Å². The van der Waals surface area contributed by atoms with Gasteiger partial charge >= 0.3 is 5.97 Å². The molecule has 0 amide bonds. The zero-order valence-electron chi connectivity index (χ0n) is 9.15. The van der Waals surface area contributed by atoms with Crippen LogP contribution in [0.1, 0.15) is 44.1 Å². The third-order valence-corrected chi connectivity index (χ3v) is 2.60. The first-order valence-corrected chi connectivity index (χ1v) is 5.53. The second kappa shape index (κ2) is 6.23. The van der Waals surface area contributed by atoms with Crippen molar-refractivity contribution in [3.05, 3.63) is 35.9 Å². The molecule has 0 spiro atoms. The van der Waals surface area contributed by atoms with Gasteiger partial charge in [-0.25, -0.2) is 0 Å². The van der Waals surface area contributed by atoms with E-state index in [1.807, 2.05) is 30.3 Å². The predicted molar refractivity (Wildman–Crippen MR) is 61.0 cm³/mol. The summed E-state index contributed by atoms with van der Waals surface area (Å²) in [7, 11) is 0. The summed E-state index contributed by atoms with van der Waals surface area (Å²) in [5, 5.41) is 9.13. The van der Waals surface area contributed by atoms with Gasteiger partial charge < -0.3 is 5.11 Å². The third-order valence-electron chi connectivity index (χ3n) is 2.60. The van der Waals surface area contributed by atoms with Crippen molar-refractivity contribution >= 4 is 5.97 Å². The third kappa shape index (κ3) is 3.74. The van der Waals surface area contributed by atoms with E-state index in [1.165, 1.54) is 0 Å². The number of unbranched alkanes of at least 4 members (excludes halogenated alkanes) is 2. The summed E-state index contributed by atoms with van der Waals surface area (Å²) in [6, 6.07) is 9.49. The number of carbonyl (C=O) groups is 1. The van der Waals surface area contributed by atoms with E-state index in [-0.39, 0.29) is 5.92 Å². The Bertz CT molecular complexity index is 293. The van der Waals surface area contributed by atoms with Gasteiger partial charge in [-0.05, 0) is 12.0 Å². The topological polar surface area (TPSA) is 37.3 Å². The highest BCUT2D eigenvalue weighted by Crippen LogP contribution is 2.22. The van der Waals surface area contributed by atoms with Gasteiger partial charge in [-0.2, -0.15) is 0 Å². The van der Waals surface area contributed by atoms with Gasteiger partial charge in [-0.15, -0.1) is 0 Å². The molecule has 0 saturated carbocycles. The van der Waals surface area contributed by atoms with Gasteiger partial charge in [0.2, 0.25) is 0 Å². The summed E-state index contributed by atoms with van der Waals surface area (Å²) in [6.07, 6.45) is 3.97. The molecular weight excluding hydrogens is 188 g/mol. The number of aliphatic carboxylic acids is 1. The summed E-state index contributed by atoms with van der Waals surface area (Å²) < 4.78 is 0. The SMILES string of the molecule is CCCCC[C@@H](C(=O)O)c1ccccc1. The minimum absolute atomic E-state index is 0.335. The van der Waals surface area contributed by atoms with Gasteiger partial charge in [-0.1, -0.05) is 56.5 Å². The summed E-state index contributed by atoms with van der Waals surface area (Å²) in [5.41, 5.74) is 0.918. The van der Waals surface area contributed by atoms with E-state index >= 15 is 0 Å². The molecular formula is C13H18O2. The highest BCUT2D eigenvalue weighted by Gasteiger charge is 2.18. The lowest BCUT2D eigenvalue weighted by molar-refractivity contribution is -0.139. The number of rotatable bonds is 6. The van der Waals surface area contributed by atoms with E-state index in [1.54, 1.807) is 0 Å². The number of benzene rings is 1. The maximum Gasteiger partial charge on any atom is 0.310 e. The van der Waals surface area contributed by atoms with Crippen molar-refractivity contribution in [2.24, 2.45) is 0 Å². The van der Waals surface area contributed by atoms with Crippen molar-refractivity contribution in [3.63, 3.8) is 0 Å². The van der Waals surface area contributed by atoms with Crippen LogP contribution in [0.3, 0.4) is 0 Å². The van der Waals surface area contributed by atoms with E-state index in [0.717, 1.165) is 31.2 Å². The fourth-order valence-corrected chi connectivity index (χ4v) is 1.72. The van der Waals surface area contributed by atoms with Crippen molar-refractivity contribution < 1.29 is 9.90 Å². The van der Waals surface area contributed by atoms with Crippen molar-refractivity contribution in [2.75, 3.05) is 0 Å². The Morgan fingerprint density at radius 1 is 1.27 bits per heavy atom. The second-order valence-electron chi connectivity index (χ2n) is 3.80. The van der Waals surface area contributed by atoms with Gasteiger partial charge in [-0.3, -0.25) is 4.79 Å². The Kier molecular flexibility index (Phi) is 4.88. The molecule has 0 saturated heterocycles. The van der Waals surface area contributed by atoms with Crippen LogP contribution in [-0.4, -0.2) is 11.1 Å². The maximum atomic E-state index is 11.1. The van der Waals surface area contributed by atoms with Crippen LogP contribution in [0.15, 0.2) is 30.3 Å². The first-order valence-electron chi connectivity index (χ1n) is 5.53. The molecule has 0 aliphatic heterocycles. The highest BCUT2D eigenvalue weighted by molar-refractivity contribution is 5.75. The largest absolute Gasteiger partial charge is 0.481 e. The van der Waals surface area contributed by atoms with Crippen LogP contribution in [0, 0.1) is 0 Å². The average molecular weight is 206 g/mol. The molecule has 0 aliphatic carbocycles. The van der Waals surface area contributed by atoms with Crippen molar-refractivity contribution in [3.8, 4) is 0 Å². The lowest BCUT2D eigenvalue weighted by Gasteiger charge is -2.11. The van der Waals surface area contributed by atoms with E-state index in [9.17, 15) is 4.79 Å². The Hall–Kier alpha value is -1.31. The predicted octanol–water partition coefficient (Wildman–Crippen LogP) is 3.44. The lowest BCUT2D eigenvalue weighted by atomic mass is 9.93. The molecule has 82 valence electrons. The number of carboxylic acid groups (broad SMARTS) is 1. The van der Waals surface area contributed by atoms with E-state index in [4.69, 9.17) is 5.11 Å². The molecule has 0 bridgehead atoms. The molecule has 0 aromatic heterocycles. The number of hydrogen-bond acceptors (Lipinski definition) is 1. The Labute approximate surface area is 90.9 Å². The van der Waals surface area contributed by atoms with Crippen LogP contribution in [0.25, 0.3) is 0 Å². The van der Waals surface area contributed by atoms with Crippen LogP contribution in [0.5, 0.6) is 0 Å². The Morgan fingerprint density at radius 3 is 2.47 bits per heavy atom. The van der Waals surface area contributed by atoms with Crippen LogP contribution < -0.4 is 0 Å². The summed E-state index contributed by atoms with van der Waals surface area (Å²) in [4.78, 5) is 11.1. The minimum atomic E-state index is -0.711. The van der Waals surface area contributed by atoms with Gasteiger partial charge in [0.15, 0.2) is 0 Å². The second-order valence-corrected chi connectivity index (χ2v) is 3.80. The molecule has 0 fully saturated rings. The first-order chi connectivity index (χ1) is 7.25. The number of hydrogen-bond donors (Lipinski definition) is 1.